The number of hydrogen-bond acceptors (Lipinski definition) is 2. The van der Waals surface area contributed by atoms with Crippen LogP contribution in [0.2, 0.25) is 5.02 Å². The third-order valence-electron chi connectivity index (χ3n) is 3.28. The highest BCUT2D eigenvalue weighted by molar-refractivity contribution is 6.31. The van der Waals surface area contributed by atoms with E-state index in [1.807, 2.05) is 24.3 Å². The SMILES string of the molecule is CCCCNC(=O)c1ccc(OCc2ccccc2Cl)cc1. The fourth-order valence-corrected chi connectivity index (χ4v) is 2.15. The van der Waals surface area contributed by atoms with Gasteiger partial charge in [-0.25, -0.2) is 0 Å². The number of unbranched alkanes of at least 4 members (excludes halogenated alkanes) is 1. The molecular weight excluding hydrogens is 298 g/mol. The smallest absolute Gasteiger partial charge is 0.251 e. The molecule has 2 rings (SSSR count). The van der Waals surface area contributed by atoms with Crippen LogP contribution in [0.4, 0.5) is 0 Å². The monoisotopic (exact) mass is 317 g/mol. The van der Waals surface area contributed by atoms with E-state index in [0.717, 1.165) is 18.4 Å². The average Bonchev–Trinajstić information content (AvgIpc) is 2.55. The average molecular weight is 318 g/mol. The Morgan fingerprint density at radius 1 is 1.14 bits per heavy atom. The molecule has 2 aromatic carbocycles. The largest absolute Gasteiger partial charge is 0.489 e. The topological polar surface area (TPSA) is 38.3 Å². The van der Waals surface area contributed by atoms with Crippen molar-refractivity contribution in [3.8, 4) is 5.75 Å². The van der Waals surface area contributed by atoms with Crippen molar-refractivity contribution < 1.29 is 9.53 Å². The summed E-state index contributed by atoms with van der Waals surface area (Å²) in [7, 11) is 0. The zero-order chi connectivity index (χ0) is 15.8. The van der Waals surface area contributed by atoms with Crippen molar-refractivity contribution in [2.45, 2.75) is 26.4 Å². The first-order valence-electron chi connectivity index (χ1n) is 7.45. The van der Waals surface area contributed by atoms with E-state index in [1.54, 1.807) is 24.3 Å². The Bertz CT molecular complexity index is 611. The highest BCUT2D eigenvalue weighted by Gasteiger charge is 2.05. The van der Waals surface area contributed by atoms with Gasteiger partial charge >= 0.3 is 0 Å². The molecule has 3 nitrogen and oxygen atoms in total. The first-order chi connectivity index (χ1) is 10.7. The molecule has 0 saturated carbocycles. The van der Waals surface area contributed by atoms with Gasteiger partial charge in [0.05, 0.1) is 0 Å². The van der Waals surface area contributed by atoms with Crippen LogP contribution in [0, 0.1) is 0 Å². The normalized spacial score (nSPS) is 10.3. The molecule has 0 radical (unpaired) electrons. The molecule has 0 aliphatic heterocycles. The lowest BCUT2D eigenvalue weighted by atomic mass is 10.2. The Labute approximate surface area is 136 Å². The lowest BCUT2D eigenvalue weighted by Gasteiger charge is -2.09. The van der Waals surface area contributed by atoms with Crippen LogP contribution in [0.25, 0.3) is 0 Å². The Morgan fingerprint density at radius 2 is 1.86 bits per heavy atom. The molecule has 1 amide bonds. The molecule has 0 heterocycles. The summed E-state index contributed by atoms with van der Waals surface area (Å²) in [5, 5.41) is 3.58. The maximum atomic E-state index is 11.9. The van der Waals surface area contributed by atoms with Gasteiger partial charge in [-0.15, -0.1) is 0 Å². The van der Waals surface area contributed by atoms with Crippen molar-refractivity contribution in [2.75, 3.05) is 6.54 Å². The fourth-order valence-electron chi connectivity index (χ4n) is 1.96. The molecule has 0 spiro atoms. The first-order valence-corrected chi connectivity index (χ1v) is 7.83. The molecule has 0 aromatic heterocycles. The Kier molecular flexibility index (Phi) is 6.28. The zero-order valence-corrected chi connectivity index (χ0v) is 13.4. The Balaban J connectivity index is 1.89. The molecule has 116 valence electrons. The van der Waals surface area contributed by atoms with E-state index in [-0.39, 0.29) is 5.91 Å². The third kappa shape index (κ3) is 4.78. The number of ether oxygens (including phenoxy) is 1. The van der Waals surface area contributed by atoms with Crippen molar-refractivity contribution in [2.24, 2.45) is 0 Å². The van der Waals surface area contributed by atoms with Crippen molar-refractivity contribution >= 4 is 17.5 Å². The van der Waals surface area contributed by atoms with Crippen LogP contribution in [0.1, 0.15) is 35.7 Å². The van der Waals surface area contributed by atoms with Crippen molar-refractivity contribution in [1.29, 1.82) is 0 Å². The highest BCUT2D eigenvalue weighted by Crippen LogP contribution is 2.19. The summed E-state index contributed by atoms with van der Waals surface area (Å²) >= 11 is 6.08. The molecule has 0 fully saturated rings. The van der Waals surface area contributed by atoms with Gasteiger partial charge in [0.2, 0.25) is 0 Å². The number of carbonyl (C=O) groups excluding carboxylic acids is 1. The minimum atomic E-state index is -0.0499. The summed E-state index contributed by atoms with van der Waals surface area (Å²) in [6, 6.07) is 14.7. The van der Waals surface area contributed by atoms with E-state index in [2.05, 4.69) is 12.2 Å². The van der Waals surface area contributed by atoms with Gasteiger partial charge in [-0.05, 0) is 36.8 Å². The number of halogens is 1. The van der Waals surface area contributed by atoms with E-state index in [0.29, 0.717) is 29.5 Å². The van der Waals surface area contributed by atoms with E-state index >= 15 is 0 Å². The quantitative estimate of drug-likeness (QED) is 0.766. The number of nitrogens with one attached hydrogen (secondary N) is 1. The molecule has 22 heavy (non-hydrogen) atoms. The van der Waals surface area contributed by atoms with Gasteiger partial charge in [0, 0.05) is 22.7 Å². The third-order valence-corrected chi connectivity index (χ3v) is 3.65. The lowest BCUT2D eigenvalue weighted by molar-refractivity contribution is 0.0953. The molecular formula is C18H20ClNO2. The highest BCUT2D eigenvalue weighted by atomic mass is 35.5. The van der Waals surface area contributed by atoms with Crippen LogP contribution in [0.15, 0.2) is 48.5 Å². The maximum absolute atomic E-state index is 11.9. The van der Waals surface area contributed by atoms with Crippen molar-refractivity contribution in [3.05, 3.63) is 64.7 Å². The maximum Gasteiger partial charge on any atom is 0.251 e. The van der Waals surface area contributed by atoms with Gasteiger partial charge in [0.1, 0.15) is 12.4 Å². The number of carbonyl (C=O) groups is 1. The second kappa shape index (κ2) is 8.44. The molecule has 4 heteroatoms. The van der Waals surface area contributed by atoms with Crippen LogP contribution < -0.4 is 10.1 Å². The standard InChI is InChI=1S/C18H20ClNO2/c1-2-3-12-20-18(21)14-8-10-16(11-9-14)22-13-15-6-4-5-7-17(15)19/h4-11H,2-3,12-13H2,1H3,(H,20,21). The van der Waals surface area contributed by atoms with Crippen LogP contribution >= 0.6 is 11.6 Å². The van der Waals surface area contributed by atoms with Gasteiger partial charge in [-0.1, -0.05) is 43.1 Å². The summed E-state index contributed by atoms with van der Waals surface area (Å²) in [6.07, 6.45) is 2.06. The Morgan fingerprint density at radius 3 is 2.55 bits per heavy atom. The second-order valence-corrected chi connectivity index (χ2v) is 5.42. The molecule has 0 unspecified atom stereocenters. The predicted octanol–water partition coefficient (Wildman–Crippen LogP) is 4.45. The number of amides is 1. The zero-order valence-electron chi connectivity index (χ0n) is 12.6. The van der Waals surface area contributed by atoms with Crippen molar-refractivity contribution in [3.63, 3.8) is 0 Å². The van der Waals surface area contributed by atoms with Crippen LogP contribution in [0.5, 0.6) is 5.75 Å². The molecule has 0 aliphatic rings. The lowest BCUT2D eigenvalue weighted by Crippen LogP contribution is -2.24. The van der Waals surface area contributed by atoms with Crippen LogP contribution in [-0.4, -0.2) is 12.5 Å². The van der Waals surface area contributed by atoms with Gasteiger partial charge in [-0.2, -0.15) is 0 Å². The van der Waals surface area contributed by atoms with Gasteiger partial charge in [0.15, 0.2) is 0 Å². The number of hydrogen-bond donors (Lipinski definition) is 1. The molecule has 0 saturated heterocycles. The fraction of sp³-hybridized carbons (Fsp3) is 0.278. The second-order valence-electron chi connectivity index (χ2n) is 5.01. The van der Waals surface area contributed by atoms with Gasteiger partial charge in [-0.3, -0.25) is 4.79 Å². The number of rotatable bonds is 7. The summed E-state index contributed by atoms with van der Waals surface area (Å²) < 4.78 is 5.69. The van der Waals surface area contributed by atoms with E-state index in [1.165, 1.54) is 0 Å². The molecule has 0 atom stereocenters. The molecule has 0 aliphatic carbocycles. The van der Waals surface area contributed by atoms with E-state index in [4.69, 9.17) is 16.3 Å². The first kappa shape index (κ1) is 16.4. The van der Waals surface area contributed by atoms with Crippen LogP contribution in [0.3, 0.4) is 0 Å². The van der Waals surface area contributed by atoms with Gasteiger partial charge in [0.25, 0.3) is 5.91 Å². The summed E-state index contributed by atoms with van der Waals surface area (Å²) in [5.74, 6) is 0.663. The van der Waals surface area contributed by atoms with Crippen molar-refractivity contribution in [1.82, 2.24) is 5.32 Å². The predicted molar refractivity (Wildman–Crippen MR) is 89.5 cm³/mol. The van der Waals surface area contributed by atoms with E-state index in [9.17, 15) is 4.79 Å². The minimum absolute atomic E-state index is 0.0499. The van der Waals surface area contributed by atoms with Gasteiger partial charge < -0.3 is 10.1 Å². The summed E-state index contributed by atoms with van der Waals surface area (Å²) in [5.41, 5.74) is 1.58. The molecule has 0 bridgehead atoms. The molecule has 1 N–H and O–H groups in total. The Hall–Kier alpha value is -2.00. The minimum Gasteiger partial charge on any atom is -0.489 e. The summed E-state index contributed by atoms with van der Waals surface area (Å²) in [6.45, 7) is 3.21. The summed E-state index contributed by atoms with van der Waals surface area (Å²) in [4.78, 5) is 11.9. The number of benzene rings is 2. The van der Waals surface area contributed by atoms with Crippen LogP contribution in [-0.2, 0) is 6.61 Å². The molecule has 2 aromatic rings. The van der Waals surface area contributed by atoms with E-state index < -0.39 is 0 Å².